The van der Waals surface area contributed by atoms with Crippen molar-refractivity contribution in [2.45, 2.75) is 13.0 Å². The highest BCUT2D eigenvalue weighted by molar-refractivity contribution is 7.99. The molecular weight excluding hydrogens is 248 g/mol. The molecule has 96 valence electrons. The van der Waals surface area contributed by atoms with E-state index in [0.717, 1.165) is 29.1 Å². The number of fused-ring (bicyclic) bond motifs is 1. The molecule has 2 heterocycles. The third kappa shape index (κ3) is 2.03. The number of imidazole rings is 1. The van der Waals surface area contributed by atoms with Crippen LogP contribution in [0.2, 0.25) is 0 Å². The van der Waals surface area contributed by atoms with Crippen LogP contribution in [0, 0.1) is 5.92 Å². The number of rotatable bonds is 3. The molecule has 4 nitrogen and oxygen atoms in total. The molecule has 0 spiro atoms. The van der Waals surface area contributed by atoms with Gasteiger partial charge < -0.3 is 9.72 Å². The molecule has 0 aliphatic carbocycles. The zero-order valence-corrected chi connectivity index (χ0v) is 11.1. The molecule has 1 fully saturated rings. The van der Waals surface area contributed by atoms with Crippen molar-refractivity contribution in [2.24, 2.45) is 5.92 Å². The van der Waals surface area contributed by atoms with Gasteiger partial charge in [-0.25, -0.2) is 4.79 Å². The first kappa shape index (κ1) is 11.7. The Balaban J connectivity index is 2.02. The first-order valence-electron chi connectivity index (χ1n) is 6.12. The smallest absolute Gasteiger partial charge is 0.326 e. The number of H-pyrrole nitrogens is 1. The van der Waals surface area contributed by atoms with Crippen molar-refractivity contribution in [1.82, 2.24) is 9.55 Å². The summed E-state index contributed by atoms with van der Waals surface area (Å²) in [6.07, 6.45) is 1.20. The fourth-order valence-corrected chi connectivity index (χ4v) is 3.70. The van der Waals surface area contributed by atoms with Gasteiger partial charge in [0.25, 0.3) is 0 Å². The van der Waals surface area contributed by atoms with Gasteiger partial charge in [-0.05, 0) is 36.0 Å². The van der Waals surface area contributed by atoms with Crippen LogP contribution in [0.1, 0.15) is 6.42 Å². The molecule has 3 rings (SSSR count). The van der Waals surface area contributed by atoms with Crippen molar-refractivity contribution in [1.29, 1.82) is 0 Å². The van der Waals surface area contributed by atoms with E-state index >= 15 is 0 Å². The van der Waals surface area contributed by atoms with E-state index in [1.165, 1.54) is 12.2 Å². The summed E-state index contributed by atoms with van der Waals surface area (Å²) in [6, 6.07) is 5.69. The highest BCUT2D eigenvalue weighted by atomic mass is 32.2. The van der Waals surface area contributed by atoms with Crippen LogP contribution < -0.4 is 10.4 Å². The lowest BCUT2D eigenvalue weighted by atomic mass is 10.1. The molecule has 0 amide bonds. The predicted molar refractivity (Wildman–Crippen MR) is 74.5 cm³/mol. The van der Waals surface area contributed by atoms with E-state index in [0.29, 0.717) is 5.92 Å². The number of nitrogens with zero attached hydrogens (tertiary/aromatic N) is 1. The third-order valence-electron chi connectivity index (χ3n) is 3.45. The largest absolute Gasteiger partial charge is 0.497 e. The monoisotopic (exact) mass is 264 g/mol. The molecule has 1 N–H and O–H groups in total. The summed E-state index contributed by atoms with van der Waals surface area (Å²) < 4.78 is 7.06. The fourth-order valence-electron chi connectivity index (χ4n) is 2.43. The molecule has 1 aliphatic rings. The number of nitrogens with one attached hydrogen (secondary N) is 1. The number of thioether (sulfide) groups is 1. The highest BCUT2D eigenvalue weighted by Crippen LogP contribution is 2.26. The van der Waals surface area contributed by atoms with Crippen molar-refractivity contribution in [3.63, 3.8) is 0 Å². The number of hydrogen-bond acceptors (Lipinski definition) is 3. The Morgan fingerprint density at radius 2 is 2.44 bits per heavy atom. The number of hydrogen-bond donors (Lipinski definition) is 1. The second-order valence-corrected chi connectivity index (χ2v) is 5.80. The van der Waals surface area contributed by atoms with E-state index in [9.17, 15) is 4.79 Å². The Hall–Kier alpha value is -1.36. The Morgan fingerprint density at radius 3 is 3.17 bits per heavy atom. The summed E-state index contributed by atoms with van der Waals surface area (Å²) in [5.41, 5.74) is 1.80. The minimum Gasteiger partial charge on any atom is -0.497 e. The first-order chi connectivity index (χ1) is 8.78. The SMILES string of the molecule is COc1ccc2[nH]c(=O)n(CC3CCSC3)c2c1. The first-order valence-corrected chi connectivity index (χ1v) is 7.27. The normalized spacial score (nSPS) is 19.5. The summed E-state index contributed by atoms with van der Waals surface area (Å²) >= 11 is 1.97. The molecule has 1 atom stereocenters. The molecule has 2 aromatic rings. The van der Waals surface area contributed by atoms with Gasteiger partial charge in [0.1, 0.15) is 5.75 Å². The van der Waals surface area contributed by atoms with Crippen molar-refractivity contribution in [2.75, 3.05) is 18.6 Å². The van der Waals surface area contributed by atoms with Crippen molar-refractivity contribution in [3.05, 3.63) is 28.7 Å². The molecule has 1 aliphatic heterocycles. The predicted octanol–water partition coefficient (Wildman–Crippen LogP) is 2.09. The van der Waals surface area contributed by atoms with E-state index in [-0.39, 0.29) is 5.69 Å². The molecule has 0 radical (unpaired) electrons. The van der Waals surface area contributed by atoms with Crippen LogP contribution in [0.3, 0.4) is 0 Å². The van der Waals surface area contributed by atoms with E-state index in [2.05, 4.69) is 4.98 Å². The summed E-state index contributed by atoms with van der Waals surface area (Å²) in [4.78, 5) is 14.9. The molecule has 1 unspecified atom stereocenters. The average molecular weight is 264 g/mol. The Bertz CT molecular complexity index is 611. The third-order valence-corrected chi connectivity index (χ3v) is 4.68. The topological polar surface area (TPSA) is 47.0 Å². The summed E-state index contributed by atoms with van der Waals surface area (Å²) in [6.45, 7) is 0.805. The van der Waals surface area contributed by atoms with E-state index in [1.807, 2.05) is 34.5 Å². The van der Waals surface area contributed by atoms with E-state index < -0.39 is 0 Å². The van der Waals surface area contributed by atoms with E-state index in [4.69, 9.17) is 4.74 Å². The lowest BCUT2D eigenvalue weighted by Gasteiger charge is -2.09. The van der Waals surface area contributed by atoms with Gasteiger partial charge in [-0.2, -0.15) is 11.8 Å². The Labute approximate surface area is 109 Å². The fraction of sp³-hybridized carbons (Fsp3) is 0.462. The minimum absolute atomic E-state index is 0.0184. The molecule has 1 aromatic heterocycles. The maximum Gasteiger partial charge on any atom is 0.326 e. The number of methoxy groups -OCH3 is 1. The molecule has 1 saturated heterocycles. The molecular formula is C13H16N2O2S. The van der Waals surface area contributed by atoms with Crippen LogP contribution in [0.15, 0.2) is 23.0 Å². The van der Waals surface area contributed by atoms with Crippen LogP contribution in [0.5, 0.6) is 5.75 Å². The second kappa shape index (κ2) is 4.72. The van der Waals surface area contributed by atoms with Crippen molar-refractivity contribution < 1.29 is 4.74 Å². The summed E-state index contributed by atoms with van der Waals surface area (Å²) in [5.74, 6) is 3.77. The van der Waals surface area contributed by atoms with Crippen molar-refractivity contribution in [3.8, 4) is 5.75 Å². The maximum atomic E-state index is 12.0. The number of aromatic amines is 1. The maximum absolute atomic E-state index is 12.0. The average Bonchev–Trinajstić information content (AvgIpc) is 2.99. The quantitative estimate of drug-likeness (QED) is 0.923. The van der Waals surface area contributed by atoms with Gasteiger partial charge >= 0.3 is 5.69 Å². The van der Waals surface area contributed by atoms with Gasteiger partial charge in [0, 0.05) is 12.6 Å². The molecule has 5 heteroatoms. The second-order valence-electron chi connectivity index (χ2n) is 4.65. The molecule has 1 aromatic carbocycles. The van der Waals surface area contributed by atoms with Crippen LogP contribution in [-0.4, -0.2) is 28.2 Å². The number of benzene rings is 1. The van der Waals surface area contributed by atoms with Crippen LogP contribution in [0.25, 0.3) is 11.0 Å². The lowest BCUT2D eigenvalue weighted by Crippen LogP contribution is -2.21. The summed E-state index contributed by atoms with van der Waals surface area (Å²) in [5, 5.41) is 0. The Morgan fingerprint density at radius 1 is 1.56 bits per heavy atom. The van der Waals surface area contributed by atoms with Gasteiger partial charge in [-0.3, -0.25) is 4.57 Å². The van der Waals surface area contributed by atoms with E-state index in [1.54, 1.807) is 7.11 Å². The van der Waals surface area contributed by atoms with Gasteiger partial charge in [0.05, 0.1) is 18.1 Å². The van der Waals surface area contributed by atoms with Crippen molar-refractivity contribution >= 4 is 22.8 Å². The lowest BCUT2D eigenvalue weighted by molar-refractivity contribution is 0.415. The molecule has 0 bridgehead atoms. The van der Waals surface area contributed by atoms with Gasteiger partial charge in [0.2, 0.25) is 0 Å². The molecule has 0 saturated carbocycles. The van der Waals surface area contributed by atoms with Crippen LogP contribution in [0.4, 0.5) is 0 Å². The van der Waals surface area contributed by atoms with Gasteiger partial charge in [-0.1, -0.05) is 0 Å². The number of ether oxygens (including phenoxy) is 1. The molecule has 18 heavy (non-hydrogen) atoms. The van der Waals surface area contributed by atoms with Gasteiger partial charge in [-0.15, -0.1) is 0 Å². The Kier molecular flexibility index (Phi) is 3.07. The van der Waals surface area contributed by atoms with Gasteiger partial charge in [0.15, 0.2) is 0 Å². The highest BCUT2D eigenvalue weighted by Gasteiger charge is 2.18. The standard InChI is InChI=1S/C13H16N2O2S/c1-17-10-2-3-11-12(6-10)15(13(16)14-11)7-9-4-5-18-8-9/h2-3,6,9H,4-5,7-8H2,1H3,(H,14,16). The van der Waals surface area contributed by atoms with Crippen LogP contribution >= 0.6 is 11.8 Å². The minimum atomic E-state index is -0.0184. The van der Waals surface area contributed by atoms with Crippen LogP contribution in [-0.2, 0) is 6.54 Å². The summed E-state index contributed by atoms with van der Waals surface area (Å²) in [7, 11) is 1.64. The zero-order chi connectivity index (χ0) is 12.5. The zero-order valence-electron chi connectivity index (χ0n) is 10.3. The number of aromatic nitrogens is 2.